The Hall–Kier alpha value is -2.42. The second-order valence-electron chi connectivity index (χ2n) is 7.01. The topological polar surface area (TPSA) is 92.8 Å². The minimum absolute atomic E-state index is 0.0537. The lowest BCUT2D eigenvalue weighted by molar-refractivity contribution is -0.123. The van der Waals surface area contributed by atoms with E-state index in [1.165, 1.54) is 29.4 Å². The van der Waals surface area contributed by atoms with Gasteiger partial charge < -0.3 is 10.1 Å². The zero-order valence-electron chi connectivity index (χ0n) is 16.5. The molecule has 2 aromatic rings. The van der Waals surface area contributed by atoms with Crippen LogP contribution >= 0.6 is 11.6 Å². The molecular weight excluding hydrogens is 428 g/mol. The van der Waals surface area contributed by atoms with Gasteiger partial charge >= 0.3 is 5.97 Å². The third kappa shape index (κ3) is 5.19. The number of amides is 1. The lowest BCUT2D eigenvalue weighted by Gasteiger charge is -2.26. The molecule has 0 aromatic heterocycles. The summed E-state index contributed by atoms with van der Waals surface area (Å²) in [4.78, 5) is 24.7. The third-order valence-corrected chi connectivity index (χ3v) is 7.04. The standard InChI is InChI=1S/C21H23ClN2O5S/c1-15(29-21(26)16-8-4-2-5-9-16)20(25)23-19-14-17(10-11-18(19)22)30(27,28)24-12-6-3-7-13-24/h2,4-5,8-11,14-15H,3,6-7,12-13H2,1H3,(H,23,25). The summed E-state index contributed by atoms with van der Waals surface area (Å²) >= 11 is 6.15. The number of nitrogens with one attached hydrogen (secondary N) is 1. The van der Waals surface area contributed by atoms with Gasteiger partial charge in [0.1, 0.15) is 0 Å². The molecule has 0 radical (unpaired) electrons. The number of ether oxygens (including phenoxy) is 1. The highest BCUT2D eigenvalue weighted by Gasteiger charge is 2.27. The molecule has 30 heavy (non-hydrogen) atoms. The fraction of sp³-hybridized carbons (Fsp3) is 0.333. The minimum Gasteiger partial charge on any atom is -0.449 e. The van der Waals surface area contributed by atoms with Crippen LogP contribution in [-0.2, 0) is 19.6 Å². The van der Waals surface area contributed by atoms with Crippen molar-refractivity contribution in [3.63, 3.8) is 0 Å². The number of hydrogen-bond acceptors (Lipinski definition) is 5. The summed E-state index contributed by atoms with van der Waals surface area (Å²) in [7, 11) is -3.67. The maximum absolute atomic E-state index is 12.9. The maximum Gasteiger partial charge on any atom is 0.338 e. The van der Waals surface area contributed by atoms with Crippen LogP contribution in [0.5, 0.6) is 0 Å². The Kier molecular flexibility index (Phi) is 7.12. The summed E-state index contributed by atoms with van der Waals surface area (Å²) in [5.41, 5.74) is 0.465. The number of rotatable bonds is 6. The molecule has 1 amide bonds. The molecule has 1 fully saturated rings. The Morgan fingerprint density at radius 1 is 1.07 bits per heavy atom. The number of esters is 1. The van der Waals surface area contributed by atoms with Crippen LogP contribution in [0.4, 0.5) is 5.69 Å². The first-order valence-corrected chi connectivity index (χ1v) is 11.5. The molecule has 1 aliphatic rings. The monoisotopic (exact) mass is 450 g/mol. The predicted octanol–water partition coefficient (Wildman–Crippen LogP) is 3.70. The molecule has 1 heterocycles. The molecule has 160 valence electrons. The lowest BCUT2D eigenvalue weighted by atomic mass is 10.2. The zero-order chi connectivity index (χ0) is 21.7. The molecule has 1 N–H and O–H groups in total. The van der Waals surface area contributed by atoms with Crippen molar-refractivity contribution in [3.05, 3.63) is 59.1 Å². The van der Waals surface area contributed by atoms with Crippen LogP contribution < -0.4 is 5.32 Å². The van der Waals surface area contributed by atoms with Crippen molar-refractivity contribution in [1.82, 2.24) is 4.31 Å². The minimum atomic E-state index is -3.67. The van der Waals surface area contributed by atoms with Crippen LogP contribution in [0.2, 0.25) is 5.02 Å². The lowest BCUT2D eigenvalue weighted by Crippen LogP contribution is -2.35. The van der Waals surface area contributed by atoms with Crippen LogP contribution in [0.15, 0.2) is 53.4 Å². The number of nitrogens with zero attached hydrogens (tertiary/aromatic N) is 1. The molecule has 7 nitrogen and oxygen atoms in total. The van der Waals surface area contributed by atoms with Gasteiger partial charge in [0.2, 0.25) is 10.0 Å². The average Bonchev–Trinajstić information content (AvgIpc) is 2.76. The van der Waals surface area contributed by atoms with Crippen molar-refractivity contribution in [1.29, 1.82) is 0 Å². The van der Waals surface area contributed by atoms with Crippen LogP contribution in [0.3, 0.4) is 0 Å². The molecule has 0 spiro atoms. The molecule has 0 aliphatic carbocycles. The predicted molar refractivity (Wildman–Crippen MR) is 114 cm³/mol. The SMILES string of the molecule is CC(OC(=O)c1ccccc1)C(=O)Nc1cc(S(=O)(=O)N2CCCCC2)ccc1Cl. The van der Waals surface area contributed by atoms with Crippen LogP contribution in [0.1, 0.15) is 36.5 Å². The van der Waals surface area contributed by atoms with E-state index in [1.807, 2.05) is 0 Å². The Labute approximate surface area is 181 Å². The summed E-state index contributed by atoms with van der Waals surface area (Å²) in [6, 6.07) is 12.5. The van der Waals surface area contributed by atoms with E-state index in [0.717, 1.165) is 19.3 Å². The van der Waals surface area contributed by atoms with E-state index in [2.05, 4.69) is 5.32 Å². The van der Waals surface area contributed by atoms with Crippen molar-refractivity contribution < 1.29 is 22.7 Å². The quantitative estimate of drug-likeness (QED) is 0.677. The number of halogens is 1. The first-order chi connectivity index (χ1) is 14.3. The summed E-state index contributed by atoms with van der Waals surface area (Å²) in [6.45, 7) is 2.37. The highest BCUT2D eigenvalue weighted by Crippen LogP contribution is 2.28. The van der Waals surface area contributed by atoms with E-state index < -0.39 is 28.0 Å². The molecule has 0 bridgehead atoms. The van der Waals surface area contributed by atoms with E-state index in [1.54, 1.807) is 30.3 Å². The normalized spacial score (nSPS) is 15.9. The molecule has 1 saturated heterocycles. The summed E-state index contributed by atoms with van der Waals surface area (Å²) in [5, 5.41) is 2.73. The van der Waals surface area contributed by atoms with E-state index in [-0.39, 0.29) is 15.6 Å². The molecular formula is C21H23ClN2O5S. The highest BCUT2D eigenvalue weighted by atomic mass is 35.5. The van der Waals surface area contributed by atoms with Crippen molar-refractivity contribution >= 4 is 39.2 Å². The fourth-order valence-corrected chi connectivity index (χ4v) is 4.81. The van der Waals surface area contributed by atoms with E-state index in [0.29, 0.717) is 18.7 Å². The van der Waals surface area contributed by atoms with Gasteiger partial charge in [-0.05, 0) is 50.1 Å². The number of anilines is 1. The van der Waals surface area contributed by atoms with Gasteiger partial charge in [0.25, 0.3) is 5.91 Å². The Morgan fingerprint density at radius 3 is 2.40 bits per heavy atom. The number of benzene rings is 2. The van der Waals surface area contributed by atoms with Gasteiger partial charge in [0.15, 0.2) is 6.10 Å². The smallest absolute Gasteiger partial charge is 0.338 e. The maximum atomic E-state index is 12.9. The zero-order valence-corrected chi connectivity index (χ0v) is 18.1. The molecule has 0 saturated carbocycles. The summed E-state index contributed by atoms with van der Waals surface area (Å²) < 4.78 is 32.4. The van der Waals surface area contributed by atoms with E-state index >= 15 is 0 Å². The van der Waals surface area contributed by atoms with Crippen LogP contribution in [0, 0.1) is 0 Å². The van der Waals surface area contributed by atoms with Gasteiger partial charge in [-0.1, -0.05) is 36.2 Å². The highest BCUT2D eigenvalue weighted by molar-refractivity contribution is 7.89. The van der Waals surface area contributed by atoms with Gasteiger partial charge in [-0.2, -0.15) is 4.31 Å². The molecule has 3 rings (SSSR count). The molecule has 2 aromatic carbocycles. The molecule has 9 heteroatoms. The Balaban J connectivity index is 1.72. The Bertz CT molecular complexity index is 1020. The first-order valence-electron chi connectivity index (χ1n) is 9.65. The third-order valence-electron chi connectivity index (χ3n) is 4.81. The molecule has 1 aliphatic heterocycles. The second kappa shape index (κ2) is 9.59. The van der Waals surface area contributed by atoms with Crippen molar-refractivity contribution in [2.45, 2.75) is 37.2 Å². The fourth-order valence-electron chi connectivity index (χ4n) is 3.11. The molecule has 1 atom stereocenters. The number of piperidine rings is 1. The first kappa shape index (κ1) is 22.3. The van der Waals surface area contributed by atoms with Crippen molar-refractivity contribution in [2.75, 3.05) is 18.4 Å². The van der Waals surface area contributed by atoms with Gasteiger partial charge in [-0.3, -0.25) is 4.79 Å². The van der Waals surface area contributed by atoms with Crippen LogP contribution in [0.25, 0.3) is 0 Å². The van der Waals surface area contributed by atoms with Gasteiger partial charge in [-0.25, -0.2) is 13.2 Å². The molecule has 1 unspecified atom stereocenters. The van der Waals surface area contributed by atoms with Crippen molar-refractivity contribution in [2.24, 2.45) is 0 Å². The summed E-state index contributed by atoms with van der Waals surface area (Å²) in [5.74, 6) is -1.25. The number of sulfonamides is 1. The number of carbonyl (C=O) groups is 2. The van der Waals surface area contributed by atoms with E-state index in [9.17, 15) is 18.0 Å². The summed E-state index contributed by atoms with van der Waals surface area (Å²) in [6.07, 6.45) is 1.55. The van der Waals surface area contributed by atoms with Gasteiger partial charge in [0.05, 0.1) is 21.2 Å². The average molecular weight is 451 g/mol. The van der Waals surface area contributed by atoms with E-state index in [4.69, 9.17) is 16.3 Å². The van der Waals surface area contributed by atoms with Gasteiger partial charge in [-0.15, -0.1) is 0 Å². The van der Waals surface area contributed by atoms with Crippen LogP contribution in [-0.4, -0.2) is 43.8 Å². The Morgan fingerprint density at radius 2 is 1.73 bits per heavy atom. The largest absolute Gasteiger partial charge is 0.449 e. The number of carbonyl (C=O) groups excluding carboxylic acids is 2. The number of hydrogen-bond donors (Lipinski definition) is 1. The van der Waals surface area contributed by atoms with Gasteiger partial charge in [0, 0.05) is 13.1 Å². The van der Waals surface area contributed by atoms with Crippen molar-refractivity contribution in [3.8, 4) is 0 Å². The second-order valence-corrected chi connectivity index (χ2v) is 9.35.